The van der Waals surface area contributed by atoms with Crippen LogP contribution in [0.15, 0.2) is 29.1 Å². The minimum Gasteiger partial charge on any atom is -0.335 e. The molecule has 3 aromatic rings. The second-order valence-electron chi connectivity index (χ2n) is 8.51. The molecule has 1 aliphatic heterocycles. The van der Waals surface area contributed by atoms with Crippen LogP contribution in [0, 0.1) is 12.7 Å². The molecule has 0 atom stereocenters. The fraction of sp³-hybridized carbons (Fsp3) is 0.455. The number of carbonyl (C=O) groups is 1. The molecule has 2 N–H and O–H groups in total. The monoisotopic (exact) mass is 424 g/mol. The van der Waals surface area contributed by atoms with Gasteiger partial charge < -0.3 is 15.2 Å². The molecule has 0 bridgehead atoms. The number of carbonyl (C=O) groups excluding carboxylic acids is 1. The standard InChI is InChI=1S/C22H25FN6O2/c1-13-18-20(29(27-13)17-9-7-15(23)8-10-17)25-19(26-21(18)30)14-11-28(12-14)22(31)24-16-5-3-2-4-6-16/h7-10,14,16H,2-6,11-12H2,1H3,(H,24,31)(H,25,26,30). The van der Waals surface area contributed by atoms with Crippen LogP contribution in [0.5, 0.6) is 0 Å². The fourth-order valence-corrected chi connectivity index (χ4v) is 4.49. The third kappa shape index (κ3) is 3.68. The Morgan fingerprint density at radius 3 is 2.58 bits per heavy atom. The van der Waals surface area contributed by atoms with Crippen molar-refractivity contribution in [3.8, 4) is 5.69 Å². The van der Waals surface area contributed by atoms with Crippen LogP contribution in [0.3, 0.4) is 0 Å². The number of nitrogens with zero attached hydrogens (tertiary/aromatic N) is 4. The molecule has 162 valence electrons. The molecule has 2 amide bonds. The Balaban J connectivity index is 1.36. The summed E-state index contributed by atoms with van der Waals surface area (Å²) in [7, 11) is 0. The number of aryl methyl sites for hydroxylation is 1. The number of benzene rings is 1. The van der Waals surface area contributed by atoms with E-state index in [1.807, 2.05) is 0 Å². The average molecular weight is 424 g/mol. The quantitative estimate of drug-likeness (QED) is 0.676. The molecular weight excluding hydrogens is 399 g/mol. The Bertz CT molecular complexity index is 1170. The molecule has 31 heavy (non-hydrogen) atoms. The first kappa shape index (κ1) is 19.7. The van der Waals surface area contributed by atoms with Gasteiger partial charge in [-0.25, -0.2) is 18.9 Å². The van der Waals surface area contributed by atoms with Crippen molar-refractivity contribution in [1.82, 2.24) is 30.0 Å². The number of urea groups is 1. The second kappa shape index (κ2) is 7.79. The zero-order chi connectivity index (χ0) is 21.5. The van der Waals surface area contributed by atoms with Gasteiger partial charge in [-0.1, -0.05) is 19.3 Å². The second-order valence-corrected chi connectivity index (χ2v) is 8.51. The molecule has 2 aliphatic rings. The molecule has 0 unspecified atom stereocenters. The van der Waals surface area contributed by atoms with Crippen LogP contribution < -0.4 is 10.9 Å². The van der Waals surface area contributed by atoms with Crippen LogP contribution in [0.1, 0.15) is 49.5 Å². The number of hydrogen-bond acceptors (Lipinski definition) is 4. The maximum atomic E-state index is 13.3. The molecule has 1 aliphatic carbocycles. The Morgan fingerprint density at radius 2 is 1.87 bits per heavy atom. The highest BCUT2D eigenvalue weighted by Crippen LogP contribution is 2.27. The van der Waals surface area contributed by atoms with E-state index in [-0.39, 0.29) is 29.4 Å². The van der Waals surface area contributed by atoms with Gasteiger partial charge in [-0.2, -0.15) is 5.10 Å². The van der Waals surface area contributed by atoms with Gasteiger partial charge in [0.25, 0.3) is 5.56 Å². The number of rotatable bonds is 3. The molecule has 1 saturated heterocycles. The summed E-state index contributed by atoms with van der Waals surface area (Å²) in [5.41, 5.74) is 1.37. The van der Waals surface area contributed by atoms with Crippen LogP contribution in [0.4, 0.5) is 9.18 Å². The van der Waals surface area contributed by atoms with E-state index < -0.39 is 0 Å². The first-order valence-electron chi connectivity index (χ1n) is 10.8. The largest absolute Gasteiger partial charge is 0.335 e. The van der Waals surface area contributed by atoms with Crippen LogP contribution in [-0.2, 0) is 0 Å². The normalized spacial score (nSPS) is 17.7. The zero-order valence-corrected chi connectivity index (χ0v) is 17.4. The third-order valence-corrected chi connectivity index (χ3v) is 6.29. The molecule has 2 aromatic heterocycles. The Hall–Kier alpha value is -3.23. The minimum absolute atomic E-state index is 0.0360. The van der Waals surface area contributed by atoms with Gasteiger partial charge in [-0.3, -0.25) is 4.79 Å². The maximum absolute atomic E-state index is 13.3. The number of hydrogen-bond donors (Lipinski definition) is 2. The van der Waals surface area contributed by atoms with Crippen LogP contribution in [0.2, 0.25) is 0 Å². The summed E-state index contributed by atoms with van der Waals surface area (Å²) in [5.74, 6) is 0.165. The molecule has 0 radical (unpaired) electrons. The van der Waals surface area contributed by atoms with Crippen molar-refractivity contribution in [3.63, 3.8) is 0 Å². The summed E-state index contributed by atoms with van der Waals surface area (Å²) in [4.78, 5) is 34.5. The van der Waals surface area contributed by atoms with Crippen molar-refractivity contribution in [1.29, 1.82) is 0 Å². The lowest BCUT2D eigenvalue weighted by molar-refractivity contribution is 0.143. The lowest BCUT2D eigenvalue weighted by Crippen LogP contribution is -2.55. The van der Waals surface area contributed by atoms with Gasteiger partial charge in [0.2, 0.25) is 0 Å². The maximum Gasteiger partial charge on any atom is 0.317 e. The van der Waals surface area contributed by atoms with E-state index in [0.29, 0.717) is 41.3 Å². The molecular formula is C22H25FN6O2. The molecule has 8 nitrogen and oxygen atoms in total. The first-order chi connectivity index (χ1) is 15.0. The molecule has 1 saturated carbocycles. The Kier molecular flexibility index (Phi) is 4.95. The van der Waals surface area contributed by atoms with Crippen LogP contribution in [0.25, 0.3) is 16.7 Å². The highest BCUT2D eigenvalue weighted by atomic mass is 19.1. The van der Waals surface area contributed by atoms with Gasteiger partial charge in [0.05, 0.1) is 17.3 Å². The van der Waals surface area contributed by atoms with E-state index in [1.54, 1.807) is 28.6 Å². The van der Waals surface area contributed by atoms with E-state index >= 15 is 0 Å². The van der Waals surface area contributed by atoms with E-state index in [4.69, 9.17) is 0 Å². The molecule has 2 fully saturated rings. The summed E-state index contributed by atoms with van der Waals surface area (Å²) >= 11 is 0. The minimum atomic E-state index is -0.343. The van der Waals surface area contributed by atoms with E-state index in [2.05, 4.69) is 20.4 Å². The highest BCUT2D eigenvalue weighted by Gasteiger charge is 2.35. The molecule has 0 spiro atoms. The lowest BCUT2D eigenvalue weighted by Gasteiger charge is -2.39. The van der Waals surface area contributed by atoms with E-state index in [0.717, 1.165) is 12.8 Å². The number of amides is 2. The number of H-pyrrole nitrogens is 1. The lowest BCUT2D eigenvalue weighted by atomic mass is 9.95. The number of aromatic amines is 1. The van der Waals surface area contributed by atoms with Gasteiger partial charge in [-0.15, -0.1) is 0 Å². The zero-order valence-electron chi connectivity index (χ0n) is 17.4. The summed E-state index contributed by atoms with van der Waals surface area (Å²) < 4.78 is 14.9. The van der Waals surface area contributed by atoms with Crippen LogP contribution in [-0.4, -0.2) is 49.8 Å². The highest BCUT2D eigenvalue weighted by molar-refractivity contribution is 5.79. The average Bonchev–Trinajstić information content (AvgIpc) is 3.05. The number of aromatic nitrogens is 4. The summed E-state index contributed by atoms with van der Waals surface area (Å²) in [5, 5.41) is 7.98. The number of fused-ring (bicyclic) bond motifs is 1. The predicted octanol–water partition coefficient (Wildman–Crippen LogP) is 3.00. The fourth-order valence-electron chi connectivity index (χ4n) is 4.49. The van der Waals surface area contributed by atoms with Crippen molar-refractivity contribution in [2.45, 2.75) is 51.0 Å². The van der Waals surface area contributed by atoms with Crippen molar-refractivity contribution >= 4 is 17.1 Å². The van der Waals surface area contributed by atoms with Crippen LogP contribution >= 0.6 is 0 Å². The van der Waals surface area contributed by atoms with Gasteiger partial charge >= 0.3 is 6.03 Å². The molecule has 1 aromatic carbocycles. The summed E-state index contributed by atoms with van der Waals surface area (Å²) in [6.45, 7) is 2.77. The molecule has 5 rings (SSSR count). The Morgan fingerprint density at radius 1 is 1.16 bits per heavy atom. The van der Waals surface area contributed by atoms with Crippen molar-refractivity contribution in [2.24, 2.45) is 0 Å². The topological polar surface area (TPSA) is 95.9 Å². The molecule has 3 heterocycles. The molecule has 9 heteroatoms. The summed E-state index contributed by atoms with van der Waals surface area (Å²) in [6, 6.07) is 6.12. The van der Waals surface area contributed by atoms with Crippen molar-refractivity contribution < 1.29 is 9.18 Å². The van der Waals surface area contributed by atoms with Crippen molar-refractivity contribution in [2.75, 3.05) is 13.1 Å². The van der Waals surface area contributed by atoms with Gasteiger partial charge in [-0.05, 0) is 44.0 Å². The van der Waals surface area contributed by atoms with Gasteiger partial charge in [0.15, 0.2) is 5.65 Å². The van der Waals surface area contributed by atoms with Gasteiger partial charge in [0, 0.05) is 19.1 Å². The van der Waals surface area contributed by atoms with Crippen molar-refractivity contribution in [3.05, 3.63) is 52.0 Å². The number of halogens is 1. The Labute approximate surface area is 178 Å². The third-order valence-electron chi connectivity index (χ3n) is 6.29. The number of nitrogens with one attached hydrogen (secondary N) is 2. The van der Waals surface area contributed by atoms with E-state index in [9.17, 15) is 14.0 Å². The number of likely N-dealkylation sites (tertiary alicyclic amines) is 1. The smallest absolute Gasteiger partial charge is 0.317 e. The summed E-state index contributed by atoms with van der Waals surface area (Å²) in [6.07, 6.45) is 5.66. The SMILES string of the molecule is Cc1nn(-c2ccc(F)cc2)c2nc(C3CN(C(=O)NC4CCCCC4)C3)[nH]c(=O)c12. The predicted molar refractivity (Wildman–Crippen MR) is 114 cm³/mol. The van der Waals surface area contributed by atoms with E-state index in [1.165, 1.54) is 31.4 Å². The van der Waals surface area contributed by atoms with Gasteiger partial charge in [0.1, 0.15) is 17.0 Å². The first-order valence-corrected chi connectivity index (χ1v) is 10.8.